The van der Waals surface area contributed by atoms with E-state index in [4.69, 9.17) is 16.6 Å². The minimum Gasteiger partial charge on any atom is -0.373 e. The first-order valence-corrected chi connectivity index (χ1v) is 11.6. The number of hydrogen-bond donors (Lipinski definition) is 1. The minimum absolute atomic E-state index is 0.360. The fourth-order valence-electron chi connectivity index (χ4n) is 3.63. The van der Waals surface area contributed by atoms with Crippen LogP contribution in [0.25, 0.3) is 5.70 Å². The fraction of sp³-hybridized carbons (Fsp3) is 0.400. The molecule has 170 valence electrons. The van der Waals surface area contributed by atoms with Gasteiger partial charge in [0.05, 0.1) is 18.0 Å². The molecule has 0 spiro atoms. The van der Waals surface area contributed by atoms with Crippen molar-refractivity contribution in [2.24, 2.45) is 9.98 Å². The highest BCUT2D eigenvalue weighted by Crippen LogP contribution is 2.28. The van der Waals surface area contributed by atoms with E-state index >= 15 is 0 Å². The number of aliphatic imine (C=N–C) groups is 2. The molecule has 1 N–H and O–H groups in total. The summed E-state index contributed by atoms with van der Waals surface area (Å²) in [6.45, 7) is 12.8. The van der Waals surface area contributed by atoms with Crippen molar-refractivity contribution in [2.45, 2.75) is 39.0 Å². The van der Waals surface area contributed by atoms with Crippen molar-refractivity contribution in [3.8, 4) is 0 Å². The third-order valence-corrected chi connectivity index (χ3v) is 5.76. The zero-order chi connectivity index (χ0) is 22.9. The SMILES string of the molecule is C=CN(CCCC)c1nc(Cl)[nH]c1C(=C)N(C)CCCCC1=NCC(c2ccccc2)=N1. The number of halogens is 1. The first-order chi connectivity index (χ1) is 15.5. The Kier molecular flexibility index (Phi) is 8.68. The van der Waals surface area contributed by atoms with Gasteiger partial charge in [-0.3, -0.25) is 4.99 Å². The van der Waals surface area contributed by atoms with E-state index in [1.54, 1.807) is 6.20 Å². The molecule has 6 nitrogen and oxygen atoms in total. The standard InChI is InChI=1S/C25H33ClN6/c1-5-7-17-32(6-2)24-23(29-25(26)30-24)19(3)31(4)16-12-11-15-22-27-18-21(28-22)20-13-9-8-10-14-20/h6,8-10,13-14H,2-3,5,7,11-12,15-18H2,1,4H3,(H,29,30). The molecule has 3 rings (SSSR count). The molecule has 1 aliphatic rings. The molecule has 1 aromatic carbocycles. The van der Waals surface area contributed by atoms with E-state index < -0.39 is 0 Å². The molecule has 7 heteroatoms. The highest BCUT2D eigenvalue weighted by atomic mass is 35.5. The summed E-state index contributed by atoms with van der Waals surface area (Å²) in [5.74, 6) is 1.73. The van der Waals surface area contributed by atoms with E-state index in [2.05, 4.69) is 52.1 Å². The number of unbranched alkanes of at least 4 members (excludes halogenated alkanes) is 2. The van der Waals surface area contributed by atoms with Gasteiger partial charge >= 0.3 is 0 Å². The van der Waals surface area contributed by atoms with E-state index in [1.165, 1.54) is 0 Å². The van der Waals surface area contributed by atoms with Gasteiger partial charge in [-0.1, -0.05) is 56.8 Å². The van der Waals surface area contributed by atoms with Gasteiger partial charge in [0.15, 0.2) is 5.82 Å². The van der Waals surface area contributed by atoms with Crippen LogP contribution in [0.2, 0.25) is 5.28 Å². The van der Waals surface area contributed by atoms with E-state index in [1.807, 2.05) is 30.1 Å². The number of aromatic nitrogens is 2. The van der Waals surface area contributed by atoms with Crippen molar-refractivity contribution in [3.05, 3.63) is 66.2 Å². The first-order valence-electron chi connectivity index (χ1n) is 11.2. The van der Waals surface area contributed by atoms with Crippen molar-refractivity contribution < 1.29 is 0 Å². The van der Waals surface area contributed by atoms with Crippen LogP contribution >= 0.6 is 11.6 Å². The van der Waals surface area contributed by atoms with E-state index in [0.717, 1.165) is 79.5 Å². The number of aromatic amines is 1. The maximum Gasteiger partial charge on any atom is 0.202 e. The van der Waals surface area contributed by atoms with Crippen molar-refractivity contribution in [1.29, 1.82) is 0 Å². The molecule has 0 saturated carbocycles. The summed E-state index contributed by atoms with van der Waals surface area (Å²) in [5, 5.41) is 0.360. The molecule has 0 atom stereocenters. The number of nitrogens with one attached hydrogen (secondary N) is 1. The summed E-state index contributed by atoms with van der Waals surface area (Å²) >= 11 is 6.19. The van der Waals surface area contributed by atoms with Crippen LogP contribution in [0.5, 0.6) is 0 Å². The van der Waals surface area contributed by atoms with Gasteiger partial charge in [-0.2, -0.15) is 4.98 Å². The Morgan fingerprint density at radius 1 is 1.19 bits per heavy atom. The Bertz CT molecular complexity index is 976. The molecule has 2 aromatic rings. The lowest BCUT2D eigenvalue weighted by Gasteiger charge is -2.24. The van der Waals surface area contributed by atoms with Gasteiger partial charge in [0, 0.05) is 26.6 Å². The van der Waals surface area contributed by atoms with E-state index in [-0.39, 0.29) is 0 Å². The van der Waals surface area contributed by atoms with E-state index in [0.29, 0.717) is 11.8 Å². The summed E-state index contributed by atoms with van der Waals surface area (Å²) in [5.41, 5.74) is 3.92. The van der Waals surface area contributed by atoms with E-state index in [9.17, 15) is 0 Å². The van der Waals surface area contributed by atoms with Gasteiger partial charge in [0.1, 0.15) is 11.5 Å². The van der Waals surface area contributed by atoms with Crippen LogP contribution in [0.15, 0.2) is 59.7 Å². The van der Waals surface area contributed by atoms with Gasteiger partial charge < -0.3 is 14.8 Å². The number of benzene rings is 1. The van der Waals surface area contributed by atoms with Gasteiger partial charge in [0.2, 0.25) is 5.28 Å². The quantitative estimate of drug-likeness (QED) is 0.391. The number of imidazole rings is 1. The zero-order valence-electron chi connectivity index (χ0n) is 19.1. The Balaban J connectivity index is 1.50. The molecular formula is C25H33ClN6. The van der Waals surface area contributed by atoms with Crippen LogP contribution in [0.3, 0.4) is 0 Å². The lowest BCUT2D eigenvalue weighted by molar-refractivity contribution is 0.459. The summed E-state index contributed by atoms with van der Waals surface area (Å²) in [6.07, 6.45) is 6.87. The molecule has 0 amide bonds. The third-order valence-electron chi connectivity index (χ3n) is 5.58. The predicted octanol–water partition coefficient (Wildman–Crippen LogP) is 5.79. The van der Waals surface area contributed by atoms with Crippen molar-refractivity contribution in [1.82, 2.24) is 14.9 Å². The largest absolute Gasteiger partial charge is 0.373 e. The number of anilines is 1. The normalized spacial score (nSPS) is 13.0. The van der Waals surface area contributed by atoms with Gasteiger partial charge in [-0.15, -0.1) is 0 Å². The Labute approximate surface area is 196 Å². The summed E-state index contributed by atoms with van der Waals surface area (Å²) in [6, 6.07) is 10.3. The lowest BCUT2D eigenvalue weighted by atomic mass is 10.1. The van der Waals surface area contributed by atoms with Gasteiger partial charge in [0.25, 0.3) is 0 Å². The van der Waals surface area contributed by atoms with Crippen molar-refractivity contribution in [2.75, 3.05) is 31.6 Å². The summed E-state index contributed by atoms with van der Waals surface area (Å²) < 4.78 is 0. The molecule has 0 radical (unpaired) electrons. The zero-order valence-corrected chi connectivity index (χ0v) is 19.9. The number of H-pyrrole nitrogens is 1. The first kappa shape index (κ1) is 23.8. The topological polar surface area (TPSA) is 59.9 Å². The molecule has 0 unspecified atom stereocenters. The fourth-order valence-corrected chi connectivity index (χ4v) is 3.80. The predicted molar refractivity (Wildman–Crippen MR) is 137 cm³/mol. The van der Waals surface area contributed by atoms with Crippen LogP contribution < -0.4 is 4.90 Å². The van der Waals surface area contributed by atoms with Crippen molar-refractivity contribution >= 4 is 34.7 Å². The molecule has 1 aliphatic heterocycles. The smallest absolute Gasteiger partial charge is 0.202 e. The molecule has 0 fully saturated rings. The number of amidine groups is 1. The molecular weight excluding hydrogens is 420 g/mol. The number of rotatable bonds is 13. The second-order valence-corrected chi connectivity index (χ2v) is 8.30. The summed E-state index contributed by atoms with van der Waals surface area (Å²) in [4.78, 5) is 21.1. The van der Waals surface area contributed by atoms with Gasteiger partial charge in [-0.25, -0.2) is 4.99 Å². The maximum atomic E-state index is 6.19. The van der Waals surface area contributed by atoms with Crippen LogP contribution in [-0.2, 0) is 0 Å². The Morgan fingerprint density at radius 2 is 1.97 bits per heavy atom. The number of nitrogens with zero attached hydrogens (tertiary/aromatic N) is 5. The number of hydrogen-bond acceptors (Lipinski definition) is 5. The third kappa shape index (κ3) is 6.10. The molecule has 0 aliphatic carbocycles. The lowest BCUT2D eigenvalue weighted by Crippen LogP contribution is -2.22. The second-order valence-electron chi connectivity index (χ2n) is 7.94. The second kappa shape index (κ2) is 11.7. The molecule has 1 aromatic heterocycles. The molecule has 32 heavy (non-hydrogen) atoms. The molecule has 2 heterocycles. The monoisotopic (exact) mass is 452 g/mol. The average molecular weight is 453 g/mol. The summed E-state index contributed by atoms with van der Waals surface area (Å²) in [7, 11) is 2.05. The van der Waals surface area contributed by atoms with Crippen LogP contribution in [0.4, 0.5) is 5.82 Å². The van der Waals surface area contributed by atoms with Crippen LogP contribution in [-0.4, -0.2) is 53.1 Å². The van der Waals surface area contributed by atoms with Crippen LogP contribution in [0, 0.1) is 0 Å². The minimum atomic E-state index is 0.360. The Hall–Kier alpha value is -2.86. The highest BCUT2D eigenvalue weighted by molar-refractivity contribution is 6.28. The van der Waals surface area contributed by atoms with Crippen LogP contribution in [0.1, 0.15) is 50.3 Å². The maximum absolute atomic E-state index is 6.19. The molecule has 0 saturated heterocycles. The van der Waals surface area contributed by atoms with Gasteiger partial charge in [-0.05, 0) is 42.6 Å². The van der Waals surface area contributed by atoms with Crippen molar-refractivity contribution in [3.63, 3.8) is 0 Å². The average Bonchev–Trinajstić information content (AvgIpc) is 3.44. The molecule has 0 bridgehead atoms. The Morgan fingerprint density at radius 3 is 2.69 bits per heavy atom. The highest BCUT2D eigenvalue weighted by Gasteiger charge is 2.19.